The highest BCUT2D eigenvalue weighted by atomic mass is 35.5. The molecule has 2 rings (SSSR count). The van der Waals surface area contributed by atoms with Crippen molar-refractivity contribution in [1.82, 2.24) is 23.5 Å². The van der Waals surface area contributed by atoms with Gasteiger partial charge in [-0.15, -0.1) is 0 Å². The minimum atomic E-state index is 0.411. The second kappa shape index (κ2) is 4.34. The first-order chi connectivity index (χ1) is 6.86. The zero-order valence-corrected chi connectivity index (χ0v) is 8.66. The van der Waals surface area contributed by atoms with Crippen LogP contribution in [0.1, 0.15) is 0 Å². The average molecular weight is 231 g/mol. The number of anilines is 1. The summed E-state index contributed by atoms with van der Waals surface area (Å²) in [6.07, 6.45) is 3.15. The molecule has 0 radical (unpaired) electrons. The number of halogens is 1. The third-order valence-corrected chi connectivity index (χ3v) is 2.44. The van der Waals surface area contributed by atoms with E-state index in [-0.39, 0.29) is 0 Å². The molecular weight excluding hydrogens is 224 g/mol. The van der Waals surface area contributed by atoms with Gasteiger partial charge in [-0.1, -0.05) is 11.6 Å². The van der Waals surface area contributed by atoms with Gasteiger partial charge in [-0.25, -0.2) is 4.98 Å². The van der Waals surface area contributed by atoms with Crippen LogP contribution in [0.25, 0.3) is 0 Å². The van der Waals surface area contributed by atoms with Gasteiger partial charge in [-0.3, -0.25) is 4.68 Å². The maximum absolute atomic E-state index is 5.74. The van der Waals surface area contributed by atoms with Gasteiger partial charge < -0.3 is 5.32 Å². The second-order valence-corrected chi connectivity index (χ2v) is 3.38. The van der Waals surface area contributed by atoms with E-state index in [9.17, 15) is 0 Å². The van der Waals surface area contributed by atoms with Gasteiger partial charge >= 0.3 is 0 Å². The van der Waals surface area contributed by atoms with Crippen LogP contribution in [0.3, 0.4) is 0 Å². The van der Waals surface area contributed by atoms with Crippen molar-refractivity contribution < 1.29 is 0 Å². The Labute approximate surface area is 89.3 Å². The lowest BCUT2D eigenvalue weighted by Gasteiger charge is -2.01. The molecule has 2 heterocycles. The third kappa shape index (κ3) is 2.18. The highest BCUT2D eigenvalue weighted by molar-refractivity contribution is 6.99. The number of rotatable bonds is 4. The first kappa shape index (κ1) is 9.35. The zero-order valence-electron chi connectivity index (χ0n) is 7.09. The normalized spacial score (nSPS) is 10.4. The van der Waals surface area contributed by atoms with E-state index in [0.29, 0.717) is 24.1 Å². The summed E-state index contributed by atoms with van der Waals surface area (Å²) in [7, 11) is 0. The molecule has 0 saturated carbocycles. The molecule has 2 aromatic rings. The van der Waals surface area contributed by atoms with Gasteiger partial charge in [0.25, 0.3) is 0 Å². The molecule has 0 bridgehead atoms. The summed E-state index contributed by atoms with van der Waals surface area (Å²) >= 11 is 6.82. The van der Waals surface area contributed by atoms with Crippen molar-refractivity contribution in [3.8, 4) is 0 Å². The summed E-state index contributed by atoms with van der Waals surface area (Å²) in [5.74, 6) is 0.622. The van der Waals surface area contributed by atoms with E-state index < -0.39 is 0 Å². The molecule has 0 spiro atoms. The van der Waals surface area contributed by atoms with Crippen molar-refractivity contribution in [2.45, 2.75) is 6.54 Å². The molecule has 0 fully saturated rings. The van der Waals surface area contributed by atoms with Crippen LogP contribution in [0.15, 0.2) is 12.7 Å². The standard InChI is InChI=1S/C6H7ClN6S/c7-5-6(12-14-11-5)9-1-2-13-4-8-3-10-13/h3-4H,1-2H2,(H,9,12). The third-order valence-electron chi connectivity index (χ3n) is 1.55. The molecule has 14 heavy (non-hydrogen) atoms. The van der Waals surface area contributed by atoms with Gasteiger partial charge in [-0.2, -0.15) is 13.8 Å². The van der Waals surface area contributed by atoms with Crippen LogP contribution in [0.5, 0.6) is 0 Å². The average Bonchev–Trinajstić information content (AvgIpc) is 2.78. The molecule has 0 unspecified atom stereocenters. The fourth-order valence-electron chi connectivity index (χ4n) is 0.920. The smallest absolute Gasteiger partial charge is 0.186 e. The van der Waals surface area contributed by atoms with E-state index in [1.807, 2.05) is 0 Å². The van der Waals surface area contributed by atoms with Crippen LogP contribution in [0.4, 0.5) is 5.82 Å². The Hall–Kier alpha value is -1.21. The maximum atomic E-state index is 5.74. The fourth-order valence-corrected chi connectivity index (χ4v) is 1.60. The molecule has 8 heteroatoms. The van der Waals surface area contributed by atoms with Gasteiger partial charge in [0, 0.05) is 6.54 Å². The van der Waals surface area contributed by atoms with Crippen molar-refractivity contribution in [2.75, 3.05) is 11.9 Å². The molecule has 0 aliphatic rings. The van der Waals surface area contributed by atoms with Gasteiger partial charge in [0.15, 0.2) is 11.0 Å². The summed E-state index contributed by atoms with van der Waals surface area (Å²) < 4.78 is 9.53. The minimum absolute atomic E-state index is 0.411. The first-order valence-electron chi connectivity index (χ1n) is 3.90. The van der Waals surface area contributed by atoms with Crippen molar-refractivity contribution >= 4 is 29.1 Å². The van der Waals surface area contributed by atoms with E-state index in [2.05, 4.69) is 24.1 Å². The van der Waals surface area contributed by atoms with Gasteiger partial charge in [0.2, 0.25) is 0 Å². The largest absolute Gasteiger partial charge is 0.365 e. The van der Waals surface area contributed by atoms with Gasteiger partial charge in [0.1, 0.15) is 12.7 Å². The van der Waals surface area contributed by atoms with E-state index in [1.165, 1.54) is 6.33 Å². The highest BCUT2D eigenvalue weighted by Gasteiger charge is 2.03. The monoisotopic (exact) mass is 230 g/mol. The highest BCUT2D eigenvalue weighted by Crippen LogP contribution is 2.16. The van der Waals surface area contributed by atoms with Gasteiger partial charge in [-0.05, 0) is 0 Å². The Bertz CT molecular complexity index is 385. The lowest BCUT2D eigenvalue weighted by Crippen LogP contribution is -2.11. The maximum Gasteiger partial charge on any atom is 0.186 e. The molecule has 1 N–H and O–H groups in total. The number of hydrogen-bond donors (Lipinski definition) is 1. The first-order valence-corrected chi connectivity index (χ1v) is 5.01. The van der Waals surface area contributed by atoms with E-state index in [1.54, 1.807) is 11.0 Å². The summed E-state index contributed by atoms with van der Waals surface area (Å²) in [6, 6.07) is 0. The zero-order chi connectivity index (χ0) is 9.80. The fraction of sp³-hybridized carbons (Fsp3) is 0.333. The molecule has 6 nitrogen and oxygen atoms in total. The van der Waals surface area contributed by atoms with Crippen molar-refractivity contribution in [1.29, 1.82) is 0 Å². The Morgan fingerprint density at radius 1 is 1.50 bits per heavy atom. The van der Waals surface area contributed by atoms with Crippen LogP contribution in [0.2, 0.25) is 5.15 Å². The molecule has 0 aliphatic carbocycles. The van der Waals surface area contributed by atoms with Gasteiger partial charge in [0.05, 0.1) is 18.3 Å². The van der Waals surface area contributed by atoms with Crippen LogP contribution in [-0.4, -0.2) is 30.1 Å². The quantitative estimate of drug-likeness (QED) is 0.845. The SMILES string of the molecule is Clc1nsnc1NCCn1cncn1. The van der Waals surface area contributed by atoms with Crippen molar-refractivity contribution in [3.63, 3.8) is 0 Å². The van der Waals surface area contributed by atoms with Crippen LogP contribution < -0.4 is 5.32 Å². The number of nitrogens with zero attached hydrogens (tertiary/aromatic N) is 5. The summed E-state index contributed by atoms with van der Waals surface area (Å²) in [5.41, 5.74) is 0. The summed E-state index contributed by atoms with van der Waals surface area (Å²) in [6.45, 7) is 1.41. The Morgan fingerprint density at radius 2 is 2.43 bits per heavy atom. The summed E-state index contributed by atoms with van der Waals surface area (Å²) in [5, 5.41) is 7.41. The minimum Gasteiger partial charge on any atom is -0.365 e. The summed E-state index contributed by atoms with van der Waals surface area (Å²) in [4.78, 5) is 3.83. The van der Waals surface area contributed by atoms with Crippen LogP contribution in [-0.2, 0) is 6.54 Å². The predicted octanol–water partition coefficient (Wildman–Crippen LogP) is 0.895. The lowest BCUT2D eigenvalue weighted by molar-refractivity contribution is 0.635. The number of hydrogen-bond acceptors (Lipinski definition) is 6. The molecule has 0 atom stereocenters. The molecule has 0 aliphatic heterocycles. The molecule has 74 valence electrons. The predicted molar refractivity (Wildman–Crippen MR) is 53.4 cm³/mol. The van der Waals surface area contributed by atoms with E-state index in [4.69, 9.17) is 11.6 Å². The van der Waals surface area contributed by atoms with Crippen molar-refractivity contribution in [3.05, 3.63) is 17.8 Å². The Kier molecular flexibility index (Phi) is 2.90. The van der Waals surface area contributed by atoms with E-state index in [0.717, 1.165) is 11.7 Å². The second-order valence-electron chi connectivity index (χ2n) is 2.49. The number of aromatic nitrogens is 5. The molecule has 2 aromatic heterocycles. The van der Waals surface area contributed by atoms with E-state index >= 15 is 0 Å². The molecular formula is C6H7ClN6S. The Morgan fingerprint density at radius 3 is 3.07 bits per heavy atom. The lowest BCUT2D eigenvalue weighted by atomic mass is 10.6. The topological polar surface area (TPSA) is 68.5 Å². The number of nitrogens with one attached hydrogen (secondary N) is 1. The molecule has 0 amide bonds. The van der Waals surface area contributed by atoms with Crippen LogP contribution >= 0.6 is 23.3 Å². The molecule has 0 saturated heterocycles. The Balaban J connectivity index is 1.81. The van der Waals surface area contributed by atoms with Crippen molar-refractivity contribution in [2.24, 2.45) is 0 Å². The van der Waals surface area contributed by atoms with Crippen LogP contribution in [0, 0.1) is 0 Å². The molecule has 0 aromatic carbocycles.